The van der Waals surface area contributed by atoms with Gasteiger partial charge in [-0.2, -0.15) is 4.39 Å². The lowest BCUT2D eigenvalue weighted by Crippen LogP contribution is -2.33. The van der Waals surface area contributed by atoms with Crippen molar-refractivity contribution in [1.82, 2.24) is 9.88 Å². The number of unbranched alkanes of at least 4 members (excludes halogenated alkanes) is 2. The van der Waals surface area contributed by atoms with Crippen molar-refractivity contribution in [2.75, 3.05) is 52.4 Å². The molecular formula is C31H43F2N3O5. The summed E-state index contributed by atoms with van der Waals surface area (Å²) in [7, 11) is 2.94. The maximum Gasteiger partial charge on any atom is 0.325 e. The Balaban J connectivity index is 1.24. The van der Waals surface area contributed by atoms with E-state index >= 15 is 0 Å². The van der Waals surface area contributed by atoms with Crippen LogP contribution in [0.15, 0.2) is 12.1 Å². The Labute approximate surface area is 241 Å². The third-order valence-electron chi connectivity index (χ3n) is 8.08. The number of halogens is 2. The average Bonchev–Trinajstić information content (AvgIpc) is 3.41. The van der Waals surface area contributed by atoms with Crippen LogP contribution in [0.25, 0.3) is 0 Å². The number of aromatic nitrogens is 1. The summed E-state index contributed by atoms with van der Waals surface area (Å²) in [4.78, 5) is 18.9. The smallest absolute Gasteiger partial charge is 0.325 e. The number of benzene rings is 1. The number of ether oxygens (including phenoxy) is 3. The Morgan fingerprint density at radius 2 is 1.95 bits per heavy atom. The fourth-order valence-corrected chi connectivity index (χ4v) is 5.90. The van der Waals surface area contributed by atoms with Gasteiger partial charge in [0.05, 0.1) is 20.8 Å². The van der Waals surface area contributed by atoms with Gasteiger partial charge in [0.1, 0.15) is 17.6 Å². The normalized spacial score (nSPS) is 17.8. The van der Waals surface area contributed by atoms with E-state index in [2.05, 4.69) is 11.4 Å². The van der Waals surface area contributed by atoms with Gasteiger partial charge in [0.25, 0.3) is 0 Å². The van der Waals surface area contributed by atoms with Crippen molar-refractivity contribution >= 4 is 11.8 Å². The predicted molar refractivity (Wildman–Crippen MR) is 153 cm³/mol. The average molecular weight is 576 g/mol. The molecule has 3 heterocycles. The number of rotatable bonds is 14. The van der Waals surface area contributed by atoms with Gasteiger partial charge in [0.2, 0.25) is 5.82 Å². The van der Waals surface area contributed by atoms with Crippen LogP contribution < -0.4 is 14.8 Å². The molecule has 1 aromatic heterocycles. The van der Waals surface area contributed by atoms with Crippen molar-refractivity contribution in [3.63, 3.8) is 0 Å². The molecule has 1 saturated heterocycles. The molecule has 4 rings (SSSR count). The number of nitrogens with one attached hydrogen (secondary N) is 1. The van der Waals surface area contributed by atoms with E-state index in [1.54, 1.807) is 25.9 Å². The zero-order chi connectivity index (χ0) is 29.5. The van der Waals surface area contributed by atoms with Gasteiger partial charge < -0.3 is 24.6 Å². The zero-order valence-corrected chi connectivity index (χ0v) is 24.6. The summed E-state index contributed by atoms with van der Waals surface area (Å²) in [5.41, 5.74) is 2.49. The van der Waals surface area contributed by atoms with Crippen molar-refractivity contribution in [3.8, 4) is 11.5 Å². The first-order chi connectivity index (χ1) is 19.7. The summed E-state index contributed by atoms with van der Waals surface area (Å²) in [5.74, 6) is -1.88. The molecule has 0 amide bonds. The Kier molecular flexibility index (Phi) is 10.8. The minimum Gasteiger partial charge on any atom is -0.496 e. The van der Waals surface area contributed by atoms with E-state index in [1.165, 1.54) is 18.7 Å². The van der Waals surface area contributed by atoms with Crippen molar-refractivity contribution in [2.24, 2.45) is 5.92 Å². The number of carboxylic acids is 1. The number of aryl methyl sites for hydroxylation is 1. The first-order valence-corrected chi connectivity index (χ1v) is 14.7. The van der Waals surface area contributed by atoms with Crippen LogP contribution in [0.1, 0.15) is 80.3 Å². The van der Waals surface area contributed by atoms with Crippen LogP contribution in [-0.2, 0) is 22.4 Å². The number of likely N-dealkylation sites (tertiary alicyclic amines) is 1. The molecular weight excluding hydrogens is 532 g/mol. The standard InChI is InChI=1S/C31H43F2N3O5/c1-19(2)23-16-24(29(40-4)27(33)26(23)32)28(31(37)38)36-13-11-20(17-36)18-41-14-7-5-6-9-21-15-25(39-3)22-10-8-12-34-30(22)35-21/h15-16,19-20,28H,5-14,17-18H2,1-4H3,(H,34,35)(H,37,38). The molecule has 0 bridgehead atoms. The van der Waals surface area contributed by atoms with E-state index in [-0.39, 0.29) is 28.7 Å². The third kappa shape index (κ3) is 7.27. The van der Waals surface area contributed by atoms with Gasteiger partial charge in [-0.25, -0.2) is 9.37 Å². The number of nitrogens with zero attached hydrogens (tertiary/aromatic N) is 2. The van der Waals surface area contributed by atoms with E-state index in [4.69, 9.17) is 19.2 Å². The molecule has 1 fully saturated rings. The maximum absolute atomic E-state index is 14.8. The van der Waals surface area contributed by atoms with Crippen LogP contribution in [0.2, 0.25) is 0 Å². The quantitative estimate of drug-likeness (QED) is 0.276. The second kappa shape index (κ2) is 14.3. The highest BCUT2D eigenvalue weighted by Crippen LogP contribution is 2.39. The van der Waals surface area contributed by atoms with E-state index in [0.29, 0.717) is 26.3 Å². The largest absolute Gasteiger partial charge is 0.496 e. The first-order valence-electron chi connectivity index (χ1n) is 14.7. The number of fused-ring (bicyclic) bond motifs is 1. The van der Waals surface area contributed by atoms with Gasteiger partial charge >= 0.3 is 5.97 Å². The van der Waals surface area contributed by atoms with Crippen molar-refractivity contribution in [1.29, 1.82) is 0 Å². The minimum atomic E-state index is -1.14. The molecule has 1 aromatic carbocycles. The molecule has 0 spiro atoms. The van der Waals surface area contributed by atoms with E-state index in [9.17, 15) is 18.7 Å². The molecule has 226 valence electrons. The molecule has 2 unspecified atom stereocenters. The SMILES string of the molecule is COc1cc(CCCCCOCC2CCN(C(C(=O)O)c3cc(C(C)C)c(F)c(F)c3OC)C2)nc2c1CCCN2. The van der Waals surface area contributed by atoms with Crippen molar-refractivity contribution < 1.29 is 32.9 Å². The van der Waals surface area contributed by atoms with Gasteiger partial charge in [0, 0.05) is 42.6 Å². The minimum absolute atomic E-state index is 0.141. The molecule has 2 aromatic rings. The Morgan fingerprint density at radius 1 is 1.15 bits per heavy atom. The molecule has 0 radical (unpaired) electrons. The van der Waals surface area contributed by atoms with Crippen LogP contribution in [0, 0.1) is 17.6 Å². The molecule has 0 saturated carbocycles. The molecule has 8 nitrogen and oxygen atoms in total. The van der Waals surface area contributed by atoms with Gasteiger partial charge in [-0.3, -0.25) is 9.69 Å². The lowest BCUT2D eigenvalue weighted by molar-refractivity contribution is -0.143. The number of carboxylic acid groups (broad SMARTS) is 1. The fourth-order valence-electron chi connectivity index (χ4n) is 5.90. The molecule has 0 aliphatic carbocycles. The van der Waals surface area contributed by atoms with Crippen LogP contribution in [0.3, 0.4) is 0 Å². The zero-order valence-electron chi connectivity index (χ0n) is 24.6. The molecule has 10 heteroatoms. The Hall–Kier alpha value is -2.98. The van der Waals surface area contributed by atoms with E-state index < -0.39 is 23.6 Å². The van der Waals surface area contributed by atoms with E-state index in [1.807, 2.05) is 0 Å². The van der Waals surface area contributed by atoms with E-state index in [0.717, 1.165) is 68.8 Å². The summed E-state index contributed by atoms with van der Waals surface area (Å²) >= 11 is 0. The van der Waals surface area contributed by atoms with Crippen molar-refractivity contribution in [3.05, 3.63) is 46.2 Å². The second-order valence-corrected chi connectivity index (χ2v) is 11.3. The molecule has 2 aliphatic rings. The second-order valence-electron chi connectivity index (χ2n) is 11.3. The van der Waals surface area contributed by atoms with Crippen LogP contribution in [0.4, 0.5) is 14.6 Å². The van der Waals surface area contributed by atoms with Crippen LogP contribution >= 0.6 is 0 Å². The number of hydrogen-bond donors (Lipinski definition) is 2. The summed E-state index contributed by atoms with van der Waals surface area (Å²) < 4.78 is 46.1. The molecule has 2 atom stereocenters. The molecule has 2 aliphatic heterocycles. The lowest BCUT2D eigenvalue weighted by Gasteiger charge is -2.27. The summed E-state index contributed by atoms with van der Waals surface area (Å²) in [5, 5.41) is 13.5. The number of pyridine rings is 1. The topological polar surface area (TPSA) is 93.2 Å². The number of carbonyl (C=O) groups is 1. The van der Waals surface area contributed by atoms with Gasteiger partial charge in [-0.15, -0.1) is 0 Å². The Bertz CT molecular complexity index is 1190. The van der Waals surface area contributed by atoms with Crippen molar-refractivity contribution in [2.45, 2.75) is 70.8 Å². The lowest BCUT2D eigenvalue weighted by atomic mass is 9.95. The third-order valence-corrected chi connectivity index (χ3v) is 8.08. The summed E-state index contributed by atoms with van der Waals surface area (Å²) in [6.45, 7) is 6.61. The number of methoxy groups -OCH3 is 2. The number of aliphatic carboxylic acids is 1. The summed E-state index contributed by atoms with van der Waals surface area (Å²) in [6, 6.07) is 2.36. The van der Waals surface area contributed by atoms with Crippen LogP contribution in [0.5, 0.6) is 11.5 Å². The summed E-state index contributed by atoms with van der Waals surface area (Å²) in [6.07, 6.45) is 6.68. The highest BCUT2D eigenvalue weighted by molar-refractivity contribution is 5.77. The molecule has 41 heavy (non-hydrogen) atoms. The van der Waals surface area contributed by atoms with Gasteiger partial charge in [0.15, 0.2) is 11.6 Å². The van der Waals surface area contributed by atoms with Gasteiger partial charge in [-0.05, 0) is 68.5 Å². The monoisotopic (exact) mass is 575 g/mol. The predicted octanol–water partition coefficient (Wildman–Crippen LogP) is 5.74. The first kappa shape index (κ1) is 31.0. The highest BCUT2D eigenvalue weighted by Gasteiger charge is 2.37. The van der Waals surface area contributed by atoms with Gasteiger partial charge in [-0.1, -0.05) is 20.3 Å². The molecule has 2 N–H and O–H groups in total. The Morgan fingerprint density at radius 3 is 2.66 bits per heavy atom. The highest BCUT2D eigenvalue weighted by atomic mass is 19.2. The maximum atomic E-state index is 14.8. The number of anilines is 1. The van der Waals surface area contributed by atoms with Crippen LogP contribution in [-0.4, -0.2) is 68.0 Å². The fraction of sp³-hybridized carbons (Fsp3) is 0.613. The number of hydrogen-bond acceptors (Lipinski definition) is 7.